The number of halogens is 1. The van der Waals surface area contributed by atoms with Crippen molar-refractivity contribution in [2.75, 3.05) is 11.5 Å². The van der Waals surface area contributed by atoms with E-state index in [4.69, 9.17) is 5.73 Å². The molecule has 1 atom stereocenters. The summed E-state index contributed by atoms with van der Waals surface area (Å²) < 4.78 is 34.0. The lowest BCUT2D eigenvalue weighted by Crippen LogP contribution is -2.24. The van der Waals surface area contributed by atoms with Crippen LogP contribution in [0.4, 0.5) is 4.39 Å². The van der Waals surface area contributed by atoms with E-state index in [1.54, 1.807) is 0 Å². The van der Waals surface area contributed by atoms with Crippen molar-refractivity contribution in [3.05, 3.63) is 11.6 Å². The molecule has 2 N–H and O–H groups in total. The summed E-state index contributed by atoms with van der Waals surface area (Å²) >= 11 is 0. The number of sulfone groups is 1. The van der Waals surface area contributed by atoms with Gasteiger partial charge in [-0.25, -0.2) is 12.8 Å². The molecule has 0 fully saturated rings. The van der Waals surface area contributed by atoms with Crippen LogP contribution in [0.1, 0.15) is 6.42 Å². The minimum Gasteiger partial charge on any atom is -0.298 e. The van der Waals surface area contributed by atoms with Crippen LogP contribution < -0.4 is 5.73 Å². The Morgan fingerprint density at radius 2 is 2.27 bits per heavy atom. The van der Waals surface area contributed by atoms with Gasteiger partial charge in [-0.1, -0.05) is 6.08 Å². The van der Waals surface area contributed by atoms with Crippen LogP contribution >= 0.6 is 0 Å². The maximum absolute atomic E-state index is 12.4. The Morgan fingerprint density at radius 1 is 1.64 bits per heavy atom. The second-order valence-electron chi connectivity index (χ2n) is 2.55. The molecule has 0 amide bonds. The number of hydrogen-bond acceptors (Lipinski definition) is 3. The normalized spacial score (nSPS) is 25.8. The van der Waals surface area contributed by atoms with Crippen molar-refractivity contribution in [3.63, 3.8) is 0 Å². The van der Waals surface area contributed by atoms with E-state index in [1.165, 1.54) is 6.08 Å². The largest absolute Gasteiger partial charge is 0.298 e. The molecular weight excluding hydrogens is 169 g/mol. The molecule has 0 aromatic rings. The van der Waals surface area contributed by atoms with Crippen LogP contribution in [0.2, 0.25) is 0 Å². The number of alkyl halides is 1. The van der Waals surface area contributed by atoms with Crippen LogP contribution in [0.15, 0.2) is 11.6 Å². The van der Waals surface area contributed by atoms with Crippen LogP contribution in [0.3, 0.4) is 0 Å². The third kappa shape index (κ3) is 2.27. The summed E-state index contributed by atoms with van der Waals surface area (Å²) in [5, 5.41) is 0. The van der Waals surface area contributed by atoms with Gasteiger partial charge in [-0.15, -0.1) is 0 Å². The molecule has 1 aliphatic heterocycles. The number of nitrogens with two attached hydrogens (primary N) is 1. The van der Waals surface area contributed by atoms with Crippen molar-refractivity contribution in [1.29, 1.82) is 0 Å². The summed E-state index contributed by atoms with van der Waals surface area (Å²) in [4.78, 5) is 0. The molecule has 3 nitrogen and oxygen atoms in total. The van der Waals surface area contributed by atoms with Crippen LogP contribution in [-0.2, 0) is 9.84 Å². The van der Waals surface area contributed by atoms with Crippen molar-refractivity contribution in [3.8, 4) is 0 Å². The summed E-state index contributed by atoms with van der Waals surface area (Å²) in [6.45, 7) is 0. The summed E-state index contributed by atoms with van der Waals surface area (Å²) in [6, 6.07) is 0. The third-order valence-corrected chi connectivity index (χ3v) is 3.16. The first-order valence-electron chi connectivity index (χ1n) is 3.30. The van der Waals surface area contributed by atoms with E-state index in [0.717, 1.165) is 0 Å². The molecular formula is C6H10FNO2S. The lowest BCUT2D eigenvalue weighted by Gasteiger charge is -2.13. The first-order valence-corrected chi connectivity index (χ1v) is 5.12. The molecule has 0 saturated heterocycles. The Morgan fingerprint density at radius 3 is 2.64 bits per heavy atom. The molecule has 5 heteroatoms. The van der Waals surface area contributed by atoms with Gasteiger partial charge >= 0.3 is 0 Å². The van der Waals surface area contributed by atoms with Gasteiger partial charge in [0.25, 0.3) is 0 Å². The smallest absolute Gasteiger partial charge is 0.170 e. The molecule has 64 valence electrons. The monoisotopic (exact) mass is 179 g/mol. The predicted octanol–water partition coefficient (Wildman–Crippen LogP) is -0.0144. The highest BCUT2D eigenvalue weighted by Gasteiger charge is 2.19. The number of rotatable bonds is 1. The van der Waals surface area contributed by atoms with Crippen molar-refractivity contribution >= 4 is 9.84 Å². The van der Waals surface area contributed by atoms with Gasteiger partial charge in [-0.05, 0) is 12.0 Å². The fourth-order valence-electron chi connectivity index (χ4n) is 0.943. The summed E-state index contributed by atoms with van der Waals surface area (Å²) in [5.74, 6) is -0.0452. The standard InChI is InChI=1S/C6H10FNO2S/c7-6(8)5-1-3-11(9,10)4-2-5/h1,6H,2-4,8H2. The van der Waals surface area contributed by atoms with Crippen molar-refractivity contribution in [2.24, 2.45) is 5.73 Å². The van der Waals surface area contributed by atoms with E-state index in [2.05, 4.69) is 0 Å². The molecule has 0 aromatic heterocycles. The van der Waals surface area contributed by atoms with Crippen molar-refractivity contribution < 1.29 is 12.8 Å². The zero-order valence-electron chi connectivity index (χ0n) is 5.96. The Hall–Kier alpha value is -0.420. The maximum Gasteiger partial charge on any atom is 0.170 e. The van der Waals surface area contributed by atoms with Crippen molar-refractivity contribution in [1.82, 2.24) is 0 Å². The van der Waals surface area contributed by atoms with Gasteiger partial charge in [0.15, 0.2) is 16.1 Å². The molecule has 1 aliphatic rings. The van der Waals surface area contributed by atoms with E-state index in [-0.39, 0.29) is 17.9 Å². The predicted molar refractivity (Wildman–Crippen MR) is 40.4 cm³/mol. The Bertz CT molecular complexity index is 268. The zero-order valence-corrected chi connectivity index (χ0v) is 6.77. The second-order valence-corrected chi connectivity index (χ2v) is 4.77. The minimum atomic E-state index is -2.95. The first kappa shape index (κ1) is 8.67. The van der Waals surface area contributed by atoms with Crippen LogP contribution in [0.5, 0.6) is 0 Å². The molecule has 1 heterocycles. The zero-order chi connectivity index (χ0) is 8.48. The van der Waals surface area contributed by atoms with Gasteiger partial charge in [0.1, 0.15) is 0 Å². The lowest BCUT2D eigenvalue weighted by atomic mass is 10.2. The molecule has 0 bridgehead atoms. The highest BCUT2D eigenvalue weighted by molar-refractivity contribution is 7.91. The number of hydrogen-bond donors (Lipinski definition) is 1. The van der Waals surface area contributed by atoms with Crippen LogP contribution in [-0.4, -0.2) is 26.2 Å². The lowest BCUT2D eigenvalue weighted by molar-refractivity contribution is 0.385. The van der Waals surface area contributed by atoms with Gasteiger partial charge in [-0.2, -0.15) is 0 Å². The molecule has 1 unspecified atom stereocenters. The van der Waals surface area contributed by atoms with Crippen LogP contribution in [0.25, 0.3) is 0 Å². The molecule has 0 aromatic carbocycles. The van der Waals surface area contributed by atoms with E-state index in [0.29, 0.717) is 5.57 Å². The minimum absolute atomic E-state index is 0.0243. The summed E-state index contributed by atoms with van der Waals surface area (Å²) in [5.41, 5.74) is 5.33. The third-order valence-electron chi connectivity index (χ3n) is 1.66. The highest BCUT2D eigenvalue weighted by atomic mass is 32.2. The first-order chi connectivity index (χ1) is 5.01. The fourth-order valence-corrected chi connectivity index (χ4v) is 2.12. The Balaban J connectivity index is 2.73. The topological polar surface area (TPSA) is 60.2 Å². The highest BCUT2D eigenvalue weighted by Crippen LogP contribution is 2.15. The van der Waals surface area contributed by atoms with Gasteiger partial charge in [-0.3, -0.25) is 5.73 Å². The Kier molecular flexibility index (Phi) is 2.29. The quantitative estimate of drug-likeness (QED) is 0.455. The molecule has 0 saturated carbocycles. The molecule has 0 radical (unpaired) electrons. The SMILES string of the molecule is NC(F)C1=CCS(=O)(=O)CC1. The van der Waals surface area contributed by atoms with E-state index in [9.17, 15) is 12.8 Å². The van der Waals surface area contributed by atoms with Gasteiger partial charge in [0.2, 0.25) is 0 Å². The molecule has 11 heavy (non-hydrogen) atoms. The molecule has 0 spiro atoms. The summed E-state index contributed by atoms with van der Waals surface area (Å²) in [7, 11) is -2.95. The van der Waals surface area contributed by atoms with E-state index in [1.807, 2.05) is 0 Å². The summed E-state index contributed by atoms with van der Waals surface area (Å²) in [6.07, 6.45) is 0.106. The molecule has 0 aliphatic carbocycles. The average molecular weight is 179 g/mol. The van der Waals surface area contributed by atoms with E-state index < -0.39 is 16.1 Å². The second kappa shape index (κ2) is 2.91. The van der Waals surface area contributed by atoms with Gasteiger partial charge in [0.05, 0.1) is 11.5 Å². The average Bonchev–Trinajstić information content (AvgIpc) is 1.86. The van der Waals surface area contributed by atoms with Crippen LogP contribution in [0, 0.1) is 0 Å². The Labute approximate surface area is 65.0 Å². The van der Waals surface area contributed by atoms with Gasteiger partial charge in [0, 0.05) is 0 Å². The molecule has 1 rings (SSSR count). The van der Waals surface area contributed by atoms with Gasteiger partial charge < -0.3 is 0 Å². The van der Waals surface area contributed by atoms with Crippen molar-refractivity contribution in [2.45, 2.75) is 12.7 Å². The maximum atomic E-state index is 12.4. The fraction of sp³-hybridized carbons (Fsp3) is 0.667. The van der Waals surface area contributed by atoms with E-state index >= 15 is 0 Å².